The maximum Gasteiger partial charge on any atom is 0.417 e. The Morgan fingerprint density at radius 3 is 2.20 bits per heavy atom. The molecular weight excluding hydrogens is 441 g/mol. The first-order valence-corrected chi connectivity index (χ1v) is 11.0. The molecule has 2 aromatic rings. The van der Waals surface area contributed by atoms with Crippen LogP contribution in [0.15, 0.2) is 41.3 Å². The number of rotatable bonds is 3. The molecule has 162 valence electrons. The molecule has 1 amide bonds. The lowest BCUT2D eigenvalue weighted by Gasteiger charge is -2.34. The van der Waals surface area contributed by atoms with Gasteiger partial charge < -0.3 is 4.90 Å². The van der Waals surface area contributed by atoms with Crippen LogP contribution in [0.25, 0.3) is 0 Å². The maximum atomic E-state index is 13.1. The number of hydrogen-bond donors (Lipinski definition) is 0. The third-order valence-electron chi connectivity index (χ3n) is 5.02. The summed E-state index contributed by atoms with van der Waals surface area (Å²) in [5.41, 5.74) is 1.20. The van der Waals surface area contributed by atoms with Crippen molar-refractivity contribution < 1.29 is 26.4 Å². The molecule has 0 spiro atoms. The molecule has 0 N–H and O–H groups in total. The van der Waals surface area contributed by atoms with Gasteiger partial charge in [0.1, 0.15) is 0 Å². The van der Waals surface area contributed by atoms with Crippen molar-refractivity contribution in [2.75, 3.05) is 26.2 Å². The van der Waals surface area contributed by atoms with Gasteiger partial charge in [0.25, 0.3) is 5.91 Å². The molecule has 0 aliphatic carbocycles. The molecule has 0 radical (unpaired) electrons. The standard InChI is InChI=1S/C20H20ClF3N2O3S/c1-13-3-5-16(14(2)11-13)19(27)25-7-9-26(10-8-25)30(28,29)15-4-6-18(21)17(12-15)20(22,23)24/h3-6,11-12H,7-10H2,1-2H3. The summed E-state index contributed by atoms with van der Waals surface area (Å²) >= 11 is 5.58. The molecule has 1 fully saturated rings. The zero-order valence-corrected chi connectivity index (χ0v) is 17.9. The number of carbonyl (C=O) groups excluding carboxylic acids is 1. The molecule has 1 heterocycles. The number of carbonyl (C=O) groups is 1. The summed E-state index contributed by atoms with van der Waals surface area (Å²) in [6.07, 6.45) is -4.76. The number of piperazine rings is 1. The molecule has 1 aliphatic heterocycles. The predicted octanol–water partition coefficient (Wildman–Crippen LogP) is 4.12. The van der Waals surface area contributed by atoms with Crippen LogP contribution in [0.5, 0.6) is 0 Å². The quantitative estimate of drug-likeness (QED) is 0.692. The minimum atomic E-state index is -4.76. The van der Waals surface area contributed by atoms with Crippen LogP contribution in [0.4, 0.5) is 13.2 Å². The number of nitrogens with zero attached hydrogens (tertiary/aromatic N) is 2. The van der Waals surface area contributed by atoms with Crippen molar-refractivity contribution in [3.63, 3.8) is 0 Å². The van der Waals surface area contributed by atoms with Gasteiger partial charge in [-0.25, -0.2) is 8.42 Å². The molecule has 0 bridgehead atoms. The highest BCUT2D eigenvalue weighted by Gasteiger charge is 2.36. The highest BCUT2D eigenvalue weighted by molar-refractivity contribution is 7.89. The van der Waals surface area contributed by atoms with E-state index >= 15 is 0 Å². The summed E-state index contributed by atoms with van der Waals surface area (Å²) < 4.78 is 66.0. The average Bonchev–Trinajstić information content (AvgIpc) is 2.67. The topological polar surface area (TPSA) is 57.7 Å². The first-order chi connectivity index (χ1) is 13.9. The number of hydrogen-bond acceptors (Lipinski definition) is 3. The average molecular weight is 461 g/mol. The zero-order chi connectivity index (χ0) is 22.3. The van der Waals surface area contributed by atoms with Crippen LogP contribution in [-0.4, -0.2) is 49.7 Å². The Kier molecular flexibility index (Phi) is 6.18. The second kappa shape index (κ2) is 8.20. The van der Waals surface area contributed by atoms with Crippen LogP contribution in [0.1, 0.15) is 27.0 Å². The van der Waals surface area contributed by atoms with E-state index in [9.17, 15) is 26.4 Å². The third-order valence-corrected chi connectivity index (χ3v) is 7.24. The van der Waals surface area contributed by atoms with Crippen molar-refractivity contribution in [3.05, 3.63) is 63.7 Å². The number of amides is 1. The van der Waals surface area contributed by atoms with Gasteiger partial charge in [0.15, 0.2) is 0 Å². The zero-order valence-electron chi connectivity index (χ0n) is 16.3. The van der Waals surface area contributed by atoms with Crippen molar-refractivity contribution in [1.29, 1.82) is 0 Å². The van der Waals surface area contributed by atoms with Crippen LogP contribution in [0.3, 0.4) is 0 Å². The summed E-state index contributed by atoms with van der Waals surface area (Å²) in [5.74, 6) is -0.199. The van der Waals surface area contributed by atoms with E-state index in [2.05, 4.69) is 0 Å². The molecule has 0 aromatic heterocycles. The molecule has 1 aliphatic rings. The van der Waals surface area contributed by atoms with Crippen molar-refractivity contribution in [2.24, 2.45) is 0 Å². The van der Waals surface area contributed by atoms with Gasteiger partial charge in [0.05, 0.1) is 15.5 Å². The van der Waals surface area contributed by atoms with Gasteiger partial charge in [-0.1, -0.05) is 29.3 Å². The van der Waals surface area contributed by atoms with Crippen LogP contribution >= 0.6 is 11.6 Å². The highest BCUT2D eigenvalue weighted by Crippen LogP contribution is 2.36. The molecular formula is C20H20ClF3N2O3S. The Bertz CT molecular complexity index is 1080. The maximum absolute atomic E-state index is 13.1. The Morgan fingerprint density at radius 1 is 1.00 bits per heavy atom. The van der Waals surface area contributed by atoms with Crippen LogP contribution in [-0.2, 0) is 16.2 Å². The first kappa shape index (κ1) is 22.6. The Labute approximate surface area is 178 Å². The van der Waals surface area contributed by atoms with E-state index in [4.69, 9.17) is 11.6 Å². The minimum Gasteiger partial charge on any atom is -0.336 e. The summed E-state index contributed by atoms with van der Waals surface area (Å²) in [6.45, 7) is 4.02. The van der Waals surface area contributed by atoms with E-state index in [1.165, 1.54) is 0 Å². The largest absolute Gasteiger partial charge is 0.417 e. The fourth-order valence-electron chi connectivity index (χ4n) is 3.39. The van der Waals surface area contributed by atoms with Crippen molar-refractivity contribution in [2.45, 2.75) is 24.9 Å². The second-order valence-electron chi connectivity index (χ2n) is 7.15. The predicted molar refractivity (Wildman–Crippen MR) is 107 cm³/mol. The monoisotopic (exact) mass is 460 g/mol. The number of aryl methyl sites for hydroxylation is 2. The summed E-state index contributed by atoms with van der Waals surface area (Å²) in [5, 5.41) is -0.565. The fourth-order valence-corrected chi connectivity index (χ4v) is 5.06. The van der Waals surface area contributed by atoms with E-state index in [1.54, 1.807) is 11.0 Å². The fraction of sp³-hybridized carbons (Fsp3) is 0.350. The SMILES string of the molecule is Cc1ccc(C(=O)N2CCN(S(=O)(=O)c3ccc(Cl)c(C(F)(F)F)c3)CC2)c(C)c1. The highest BCUT2D eigenvalue weighted by atomic mass is 35.5. The normalized spacial score (nSPS) is 16.0. The number of sulfonamides is 1. The molecule has 1 saturated heterocycles. The lowest BCUT2D eigenvalue weighted by Crippen LogP contribution is -2.50. The Morgan fingerprint density at radius 2 is 1.63 bits per heavy atom. The van der Waals surface area contributed by atoms with Gasteiger partial charge >= 0.3 is 6.18 Å². The Hall–Kier alpha value is -2.10. The van der Waals surface area contributed by atoms with E-state index in [-0.39, 0.29) is 32.1 Å². The van der Waals surface area contributed by atoms with Gasteiger partial charge in [-0.15, -0.1) is 0 Å². The molecule has 5 nitrogen and oxygen atoms in total. The van der Waals surface area contributed by atoms with E-state index < -0.39 is 31.7 Å². The van der Waals surface area contributed by atoms with Gasteiger partial charge in [0, 0.05) is 31.7 Å². The number of alkyl halides is 3. The second-order valence-corrected chi connectivity index (χ2v) is 9.50. The molecule has 30 heavy (non-hydrogen) atoms. The smallest absolute Gasteiger partial charge is 0.336 e. The molecule has 0 unspecified atom stereocenters. The van der Waals surface area contributed by atoms with Gasteiger partial charge in [-0.05, 0) is 43.7 Å². The van der Waals surface area contributed by atoms with Crippen molar-refractivity contribution in [1.82, 2.24) is 9.21 Å². The number of benzene rings is 2. The van der Waals surface area contributed by atoms with E-state index in [0.29, 0.717) is 11.6 Å². The van der Waals surface area contributed by atoms with Crippen LogP contribution < -0.4 is 0 Å². The lowest BCUT2D eigenvalue weighted by molar-refractivity contribution is -0.137. The third kappa shape index (κ3) is 4.48. The van der Waals surface area contributed by atoms with Crippen LogP contribution in [0.2, 0.25) is 5.02 Å². The molecule has 3 rings (SSSR count). The number of halogens is 4. The Balaban J connectivity index is 1.76. The summed E-state index contributed by atoms with van der Waals surface area (Å²) in [7, 11) is -4.15. The van der Waals surface area contributed by atoms with E-state index in [1.807, 2.05) is 26.0 Å². The van der Waals surface area contributed by atoms with Gasteiger partial charge in [-0.2, -0.15) is 17.5 Å². The summed E-state index contributed by atoms with van der Waals surface area (Å²) in [4.78, 5) is 13.8. The molecule has 2 aromatic carbocycles. The van der Waals surface area contributed by atoms with Crippen LogP contribution in [0, 0.1) is 13.8 Å². The van der Waals surface area contributed by atoms with Crippen molar-refractivity contribution in [3.8, 4) is 0 Å². The van der Waals surface area contributed by atoms with Gasteiger partial charge in [-0.3, -0.25) is 4.79 Å². The van der Waals surface area contributed by atoms with E-state index in [0.717, 1.165) is 27.6 Å². The first-order valence-electron chi connectivity index (χ1n) is 9.14. The molecule has 0 saturated carbocycles. The summed E-state index contributed by atoms with van der Waals surface area (Å²) in [6, 6.07) is 8.00. The molecule has 10 heteroatoms. The lowest BCUT2D eigenvalue weighted by atomic mass is 10.0. The minimum absolute atomic E-state index is 0.0110. The molecule has 0 atom stereocenters. The van der Waals surface area contributed by atoms with Crippen molar-refractivity contribution >= 4 is 27.5 Å². The van der Waals surface area contributed by atoms with Gasteiger partial charge in [0.2, 0.25) is 10.0 Å².